The summed E-state index contributed by atoms with van der Waals surface area (Å²) >= 11 is 0. The molecule has 6 nitrogen and oxygen atoms in total. The Morgan fingerprint density at radius 3 is 2.47 bits per heavy atom. The quantitative estimate of drug-likeness (QED) is 0.144. The van der Waals surface area contributed by atoms with E-state index in [-0.39, 0.29) is 12.4 Å². The van der Waals surface area contributed by atoms with E-state index in [9.17, 15) is 4.57 Å². The fraction of sp³-hybridized carbons (Fsp3) is 0.917. The summed E-state index contributed by atoms with van der Waals surface area (Å²) in [6.45, 7) is 4.69. The molecule has 0 aromatic rings. The zero-order valence-electron chi connectivity index (χ0n) is 11.9. The van der Waals surface area contributed by atoms with Crippen molar-refractivity contribution in [2.75, 3.05) is 13.2 Å². The lowest BCUT2D eigenvalue weighted by Crippen LogP contribution is -2.17. The molecule has 3 N–H and O–H groups in total. The van der Waals surface area contributed by atoms with Gasteiger partial charge in [0, 0.05) is 4.57 Å². The SMILES string of the molecule is CC(C)CCCCCCCO[P+](=O)OCC(N)=NO. The average Bonchev–Trinajstić information content (AvgIpc) is 2.38. The van der Waals surface area contributed by atoms with Crippen LogP contribution < -0.4 is 5.73 Å². The Labute approximate surface area is 116 Å². The van der Waals surface area contributed by atoms with Crippen LogP contribution in [0, 0.1) is 5.92 Å². The first-order valence-electron chi connectivity index (χ1n) is 6.75. The molecule has 0 heterocycles. The predicted molar refractivity (Wildman–Crippen MR) is 75.5 cm³/mol. The van der Waals surface area contributed by atoms with Crippen LogP contribution in [0.4, 0.5) is 0 Å². The molecule has 0 bridgehead atoms. The van der Waals surface area contributed by atoms with Crippen molar-refractivity contribution in [3.63, 3.8) is 0 Å². The van der Waals surface area contributed by atoms with Gasteiger partial charge in [0.1, 0.15) is 6.61 Å². The molecular formula is C12H26N2O4P+. The number of hydrogen-bond donors (Lipinski definition) is 2. The smallest absolute Gasteiger partial charge is 0.409 e. The predicted octanol–water partition coefficient (Wildman–Crippen LogP) is 3.42. The molecular weight excluding hydrogens is 267 g/mol. The number of rotatable bonds is 12. The second-order valence-electron chi connectivity index (χ2n) is 4.87. The van der Waals surface area contributed by atoms with Gasteiger partial charge in [-0.05, 0) is 12.3 Å². The number of amidine groups is 1. The van der Waals surface area contributed by atoms with Crippen LogP contribution >= 0.6 is 8.25 Å². The first kappa shape index (κ1) is 18.3. The van der Waals surface area contributed by atoms with Crippen LogP contribution in [0.5, 0.6) is 0 Å². The van der Waals surface area contributed by atoms with Gasteiger partial charge in [-0.25, -0.2) is 0 Å². The molecule has 0 aliphatic carbocycles. The third-order valence-corrected chi connectivity index (χ3v) is 3.30. The maximum absolute atomic E-state index is 11.2. The molecule has 0 amide bonds. The number of nitrogens with two attached hydrogens (primary N) is 1. The molecule has 0 fully saturated rings. The van der Waals surface area contributed by atoms with Crippen molar-refractivity contribution < 1.29 is 18.8 Å². The number of unbranched alkanes of at least 4 members (excludes halogenated alkanes) is 4. The Balaban J connectivity index is 3.28. The molecule has 1 atom stereocenters. The Morgan fingerprint density at radius 2 is 1.84 bits per heavy atom. The Morgan fingerprint density at radius 1 is 1.21 bits per heavy atom. The lowest BCUT2D eigenvalue weighted by Gasteiger charge is -2.03. The van der Waals surface area contributed by atoms with E-state index >= 15 is 0 Å². The Kier molecular flexibility index (Phi) is 11.9. The maximum atomic E-state index is 11.2. The highest BCUT2D eigenvalue weighted by Crippen LogP contribution is 2.23. The van der Waals surface area contributed by atoms with Crippen molar-refractivity contribution in [2.45, 2.75) is 52.4 Å². The second kappa shape index (κ2) is 12.3. The highest BCUT2D eigenvalue weighted by atomic mass is 31.1. The third-order valence-electron chi connectivity index (χ3n) is 2.57. The lowest BCUT2D eigenvalue weighted by atomic mass is 10.0. The van der Waals surface area contributed by atoms with E-state index in [0.717, 1.165) is 18.8 Å². The summed E-state index contributed by atoms with van der Waals surface area (Å²) < 4.78 is 20.9. The summed E-state index contributed by atoms with van der Waals surface area (Å²) in [5.41, 5.74) is 5.16. The van der Waals surface area contributed by atoms with Crippen LogP contribution in [0.2, 0.25) is 0 Å². The number of hydrogen-bond acceptors (Lipinski definition) is 5. The number of oxime groups is 1. The molecule has 0 saturated heterocycles. The first-order valence-corrected chi connectivity index (χ1v) is 7.85. The molecule has 1 unspecified atom stereocenters. The normalized spacial score (nSPS) is 13.0. The summed E-state index contributed by atoms with van der Waals surface area (Å²) in [6, 6.07) is 0. The summed E-state index contributed by atoms with van der Waals surface area (Å²) in [4.78, 5) is 0. The monoisotopic (exact) mass is 293 g/mol. The highest BCUT2D eigenvalue weighted by Gasteiger charge is 2.20. The summed E-state index contributed by atoms with van der Waals surface area (Å²) in [5, 5.41) is 10.9. The minimum Gasteiger partial charge on any atom is -0.409 e. The average molecular weight is 293 g/mol. The minimum atomic E-state index is -2.18. The van der Waals surface area contributed by atoms with Crippen molar-refractivity contribution in [3.05, 3.63) is 0 Å². The number of nitrogens with zero attached hydrogens (tertiary/aromatic N) is 1. The maximum Gasteiger partial charge on any atom is 0.697 e. The van der Waals surface area contributed by atoms with Crippen molar-refractivity contribution in [3.8, 4) is 0 Å². The topological polar surface area (TPSA) is 94.1 Å². The molecule has 0 rings (SSSR count). The van der Waals surface area contributed by atoms with Gasteiger partial charge in [-0.1, -0.05) is 51.1 Å². The van der Waals surface area contributed by atoms with Crippen LogP contribution in [-0.4, -0.2) is 24.3 Å². The lowest BCUT2D eigenvalue weighted by molar-refractivity contribution is 0.237. The standard InChI is InChI=1S/C12H25N2O4P/c1-11(2)8-6-4-3-5-7-9-17-19(16)18-10-12(13)14-15/h11H,3-10H2,1-2H3,(H2-,13,14,15)/p+1. The van der Waals surface area contributed by atoms with E-state index in [1.54, 1.807) is 0 Å². The van der Waals surface area contributed by atoms with Gasteiger partial charge in [0.05, 0.1) is 0 Å². The van der Waals surface area contributed by atoms with E-state index in [2.05, 4.69) is 19.0 Å². The minimum absolute atomic E-state index is 0.128. The van der Waals surface area contributed by atoms with E-state index in [4.69, 9.17) is 20.0 Å². The molecule has 0 aromatic carbocycles. The Bertz CT molecular complexity index is 272. The van der Waals surface area contributed by atoms with Crippen molar-refractivity contribution >= 4 is 14.1 Å². The van der Waals surface area contributed by atoms with E-state index < -0.39 is 8.25 Å². The highest BCUT2D eigenvalue weighted by molar-refractivity contribution is 7.33. The van der Waals surface area contributed by atoms with Crippen molar-refractivity contribution in [2.24, 2.45) is 16.8 Å². The zero-order valence-corrected chi connectivity index (χ0v) is 12.8. The largest absolute Gasteiger partial charge is 0.697 e. The molecule has 0 saturated carbocycles. The second-order valence-corrected chi connectivity index (χ2v) is 5.84. The fourth-order valence-corrected chi connectivity index (χ4v) is 2.10. The summed E-state index contributed by atoms with van der Waals surface area (Å²) in [7, 11) is -2.18. The van der Waals surface area contributed by atoms with Gasteiger partial charge < -0.3 is 10.9 Å². The summed E-state index contributed by atoms with van der Waals surface area (Å²) in [6.07, 6.45) is 6.92. The van der Waals surface area contributed by atoms with Crippen LogP contribution in [0.15, 0.2) is 5.16 Å². The molecule has 0 aliphatic rings. The molecule has 19 heavy (non-hydrogen) atoms. The molecule has 112 valence electrons. The molecule has 0 aromatic heterocycles. The third kappa shape index (κ3) is 13.5. The van der Waals surface area contributed by atoms with Crippen molar-refractivity contribution in [1.29, 1.82) is 0 Å². The van der Waals surface area contributed by atoms with Crippen LogP contribution in [0.3, 0.4) is 0 Å². The zero-order chi connectivity index (χ0) is 14.5. The van der Waals surface area contributed by atoms with E-state index in [1.807, 2.05) is 0 Å². The van der Waals surface area contributed by atoms with Gasteiger partial charge >= 0.3 is 8.25 Å². The van der Waals surface area contributed by atoms with Gasteiger partial charge in [-0.3, -0.25) is 0 Å². The van der Waals surface area contributed by atoms with Gasteiger partial charge in [-0.15, -0.1) is 9.05 Å². The molecule has 0 spiro atoms. The van der Waals surface area contributed by atoms with E-state index in [0.29, 0.717) is 6.61 Å². The van der Waals surface area contributed by atoms with Gasteiger partial charge in [0.2, 0.25) is 0 Å². The van der Waals surface area contributed by atoms with Gasteiger partial charge in [0.25, 0.3) is 0 Å². The Hall–Kier alpha value is -0.710. The molecule has 7 heteroatoms. The van der Waals surface area contributed by atoms with Crippen LogP contribution in [0.25, 0.3) is 0 Å². The van der Waals surface area contributed by atoms with E-state index in [1.165, 1.54) is 25.7 Å². The van der Waals surface area contributed by atoms with Gasteiger partial charge in [-0.2, -0.15) is 0 Å². The summed E-state index contributed by atoms with van der Waals surface area (Å²) in [5.74, 6) is 0.650. The molecule has 0 radical (unpaired) electrons. The van der Waals surface area contributed by atoms with Crippen LogP contribution in [0.1, 0.15) is 52.4 Å². The van der Waals surface area contributed by atoms with Gasteiger partial charge in [0.15, 0.2) is 12.4 Å². The van der Waals surface area contributed by atoms with Crippen molar-refractivity contribution in [1.82, 2.24) is 0 Å². The fourth-order valence-electron chi connectivity index (χ4n) is 1.51. The molecule has 0 aliphatic heterocycles. The first-order chi connectivity index (χ1) is 9.06. The van der Waals surface area contributed by atoms with Crippen LogP contribution in [-0.2, 0) is 13.6 Å².